The predicted octanol–water partition coefficient (Wildman–Crippen LogP) is 2.94. The average Bonchev–Trinajstić information content (AvgIpc) is 2.15. The van der Waals surface area contributed by atoms with Crippen molar-refractivity contribution in [3.63, 3.8) is 0 Å². The molecule has 0 N–H and O–H groups in total. The average molecular weight is 234 g/mol. The van der Waals surface area contributed by atoms with E-state index in [4.69, 9.17) is 13.3 Å². The fraction of sp³-hybridized carbons (Fsp3) is 1.00. The first-order valence-corrected chi connectivity index (χ1v) is 7.63. The largest absolute Gasteiger partial charge is 0.500 e. The van der Waals surface area contributed by atoms with E-state index in [9.17, 15) is 0 Å². The van der Waals surface area contributed by atoms with E-state index in [1.54, 1.807) is 14.2 Å². The molecule has 0 fully saturated rings. The third kappa shape index (κ3) is 6.30. The minimum Gasteiger partial charge on any atom is -0.377 e. The van der Waals surface area contributed by atoms with Crippen LogP contribution >= 0.6 is 0 Å². The molecule has 0 aromatic heterocycles. The van der Waals surface area contributed by atoms with Crippen molar-refractivity contribution in [1.82, 2.24) is 0 Å². The highest BCUT2D eigenvalue weighted by molar-refractivity contribution is 6.60. The molecular weight excluding hydrogens is 208 g/mol. The Morgan fingerprint density at radius 3 is 1.80 bits per heavy atom. The molecule has 0 saturated heterocycles. The molecule has 0 aliphatic heterocycles. The minimum absolute atomic E-state index is 0.538. The van der Waals surface area contributed by atoms with Gasteiger partial charge in [0.1, 0.15) is 0 Å². The molecule has 92 valence electrons. The van der Waals surface area contributed by atoms with E-state index in [0.717, 1.165) is 19.1 Å². The molecule has 0 aromatic carbocycles. The van der Waals surface area contributed by atoms with Crippen molar-refractivity contribution >= 4 is 8.80 Å². The Bertz CT molecular complexity index is 156. The molecule has 0 amide bonds. The number of hydrogen-bond acceptors (Lipinski definition) is 3. The Morgan fingerprint density at radius 2 is 1.47 bits per heavy atom. The molecule has 0 saturated carbocycles. The summed E-state index contributed by atoms with van der Waals surface area (Å²) in [7, 11) is 1.00. The number of rotatable bonds is 8. The lowest BCUT2D eigenvalue weighted by Gasteiger charge is -2.28. The van der Waals surface area contributed by atoms with Crippen LogP contribution in [0.15, 0.2) is 0 Å². The maximum atomic E-state index is 5.84. The lowest BCUT2D eigenvalue weighted by Crippen LogP contribution is -2.45. The van der Waals surface area contributed by atoms with Gasteiger partial charge in [0.15, 0.2) is 0 Å². The van der Waals surface area contributed by atoms with Crippen LogP contribution < -0.4 is 0 Å². The van der Waals surface area contributed by atoms with Crippen LogP contribution in [0.5, 0.6) is 0 Å². The summed E-state index contributed by atoms with van der Waals surface area (Å²) >= 11 is 0. The van der Waals surface area contributed by atoms with E-state index in [1.165, 1.54) is 0 Å². The van der Waals surface area contributed by atoms with Crippen LogP contribution in [0, 0.1) is 11.8 Å². The summed E-state index contributed by atoms with van der Waals surface area (Å²) in [5, 5.41) is 0. The topological polar surface area (TPSA) is 27.7 Å². The summed E-state index contributed by atoms with van der Waals surface area (Å²) in [6.07, 6.45) is 1.06. The van der Waals surface area contributed by atoms with Gasteiger partial charge in [-0.3, -0.25) is 0 Å². The molecule has 0 unspecified atom stereocenters. The highest BCUT2D eigenvalue weighted by Gasteiger charge is 2.39. The standard InChI is InChI=1S/C11H26O3Si/c1-10(2)7-8-14-15(12-5,13-6)9-11(3)4/h10-11H,7-9H2,1-6H3. The second kappa shape index (κ2) is 7.38. The molecular formula is C11H26O3Si. The van der Waals surface area contributed by atoms with E-state index in [2.05, 4.69) is 27.7 Å². The quantitative estimate of drug-likeness (QED) is 0.604. The lowest BCUT2D eigenvalue weighted by molar-refractivity contribution is 0.0903. The van der Waals surface area contributed by atoms with Gasteiger partial charge in [-0.15, -0.1) is 0 Å². The van der Waals surface area contributed by atoms with Gasteiger partial charge >= 0.3 is 8.80 Å². The first kappa shape index (κ1) is 15.1. The zero-order chi connectivity index (χ0) is 11.9. The summed E-state index contributed by atoms with van der Waals surface area (Å²) in [4.78, 5) is 0. The molecule has 0 heterocycles. The van der Waals surface area contributed by atoms with Gasteiger partial charge < -0.3 is 13.3 Å². The minimum atomic E-state index is -2.37. The second-order valence-electron chi connectivity index (χ2n) is 4.72. The molecule has 0 rings (SSSR count). The van der Waals surface area contributed by atoms with E-state index in [1.807, 2.05) is 0 Å². The first-order valence-electron chi connectivity index (χ1n) is 5.70. The third-order valence-electron chi connectivity index (χ3n) is 2.30. The van der Waals surface area contributed by atoms with Crippen molar-refractivity contribution in [2.75, 3.05) is 20.8 Å². The monoisotopic (exact) mass is 234 g/mol. The van der Waals surface area contributed by atoms with E-state index in [-0.39, 0.29) is 0 Å². The lowest BCUT2D eigenvalue weighted by atomic mass is 10.2. The molecule has 4 heteroatoms. The van der Waals surface area contributed by atoms with Gasteiger partial charge in [0.25, 0.3) is 0 Å². The molecule has 0 aliphatic carbocycles. The molecule has 0 atom stereocenters. The molecule has 0 aromatic rings. The van der Waals surface area contributed by atoms with Gasteiger partial charge in [-0.05, 0) is 18.3 Å². The summed E-state index contributed by atoms with van der Waals surface area (Å²) in [6, 6.07) is 0.887. The zero-order valence-corrected chi connectivity index (χ0v) is 12.0. The van der Waals surface area contributed by atoms with Gasteiger partial charge in [0.05, 0.1) is 0 Å². The maximum Gasteiger partial charge on any atom is 0.500 e. The predicted molar refractivity (Wildman–Crippen MR) is 64.8 cm³/mol. The van der Waals surface area contributed by atoms with Crippen molar-refractivity contribution in [2.45, 2.75) is 40.2 Å². The fourth-order valence-corrected chi connectivity index (χ4v) is 3.66. The highest BCUT2D eigenvalue weighted by atomic mass is 28.4. The molecule has 0 spiro atoms. The van der Waals surface area contributed by atoms with Crippen molar-refractivity contribution < 1.29 is 13.3 Å². The Kier molecular flexibility index (Phi) is 7.43. The fourth-order valence-electron chi connectivity index (χ4n) is 1.38. The van der Waals surface area contributed by atoms with Crippen LogP contribution in [0.4, 0.5) is 0 Å². The normalized spacial score (nSPS) is 12.8. The van der Waals surface area contributed by atoms with E-state index < -0.39 is 8.80 Å². The summed E-state index contributed by atoms with van der Waals surface area (Å²) in [6.45, 7) is 9.43. The van der Waals surface area contributed by atoms with E-state index >= 15 is 0 Å². The van der Waals surface area contributed by atoms with Crippen molar-refractivity contribution in [3.8, 4) is 0 Å². The Labute approximate surface area is 95.5 Å². The smallest absolute Gasteiger partial charge is 0.377 e. The molecule has 0 aliphatic rings. The van der Waals surface area contributed by atoms with Crippen LogP contribution in [-0.2, 0) is 13.3 Å². The Hall–Kier alpha value is 0.0969. The molecule has 0 radical (unpaired) electrons. The van der Waals surface area contributed by atoms with E-state index in [0.29, 0.717) is 11.8 Å². The number of hydrogen-bond donors (Lipinski definition) is 0. The van der Waals surface area contributed by atoms with Crippen LogP contribution in [0.3, 0.4) is 0 Å². The summed E-state index contributed by atoms with van der Waals surface area (Å²) in [5.74, 6) is 1.19. The van der Waals surface area contributed by atoms with Gasteiger partial charge in [0, 0.05) is 26.9 Å². The van der Waals surface area contributed by atoms with Crippen LogP contribution in [0.1, 0.15) is 34.1 Å². The van der Waals surface area contributed by atoms with Crippen molar-refractivity contribution in [3.05, 3.63) is 0 Å². The zero-order valence-electron chi connectivity index (χ0n) is 11.0. The van der Waals surface area contributed by atoms with Crippen LogP contribution in [0.25, 0.3) is 0 Å². The van der Waals surface area contributed by atoms with Gasteiger partial charge in [-0.2, -0.15) is 0 Å². The van der Waals surface area contributed by atoms with Crippen molar-refractivity contribution in [2.24, 2.45) is 11.8 Å². The van der Waals surface area contributed by atoms with Gasteiger partial charge in [0.2, 0.25) is 0 Å². The van der Waals surface area contributed by atoms with Crippen LogP contribution in [-0.4, -0.2) is 29.6 Å². The first-order chi connectivity index (χ1) is 6.95. The second-order valence-corrected chi connectivity index (χ2v) is 7.60. The van der Waals surface area contributed by atoms with Gasteiger partial charge in [-0.25, -0.2) is 0 Å². The SMILES string of the molecule is CO[Si](CC(C)C)(OC)OCCC(C)C. The molecule has 3 nitrogen and oxygen atoms in total. The molecule has 0 bridgehead atoms. The van der Waals surface area contributed by atoms with Gasteiger partial charge in [-0.1, -0.05) is 27.7 Å². The summed E-state index contributed by atoms with van der Waals surface area (Å²) < 4.78 is 16.8. The maximum absolute atomic E-state index is 5.84. The third-order valence-corrected chi connectivity index (χ3v) is 5.50. The highest BCUT2D eigenvalue weighted by Crippen LogP contribution is 2.20. The Balaban J connectivity index is 4.11. The summed E-state index contributed by atoms with van der Waals surface area (Å²) in [5.41, 5.74) is 0. The Morgan fingerprint density at radius 1 is 0.933 bits per heavy atom. The molecule has 15 heavy (non-hydrogen) atoms. The van der Waals surface area contributed by atoms with Crippen molar-refractivity contribution in [1.29, 1.82) is 0 Å². The van der Waals surface area contributed by atoms with Crippen LogP contribution in [0.2, 0.25) is 6.04 Å².